The standard InChI is InChI=1S/C43H33BN2/c1-2-11-30(12-3-1)45-38-17-8-6-15-36(38)44-37-16-7-9-18-39(37)46(41-20-10-19-40(45)42(41)44)31-23-24-35-33(26-31)32-13-4-5-14-34(32)43(35)27-28-21-22-29(43)25-28/h1-20,23-24,26,28-29H,21-22,25,27H2/t28-,29+,43-/m1/s1. The van der Waals surface area contributed by atoms with E-state index < -0.39 is 0 Å². The van der Waals surface area contributed by atoms with Crippen molar-refractivity contribution in [2.75, 3.05) is 9.80 Å². The summed E-state index contributed by atoms with van der Waals surface area (Å²) in [6.45, 7) is 0.169. The number of para-hydroxylation sites is 3. The molecule has 3 aliphatic carbocycles. The summed E-state index contributed by atoms with van der Waals surface area (Å²) < 4.78 is 0. The van der Waals surface area contributed by atoms with Crippen molar-refractivity contribution in [2.45, 2.75) is 31.1 Å². The first-order chi connectivity index (χ1) is 22.8. The van der Waals surface area contributed by atoms with Gasteiger partial charge in [0.2, 0.25) is 0 Å². The van der Waals surface area contributed by atoms with Crippen molar-refractivity contribution in [1.29, 1.82) is 0 Å². The van der Waals surface area contributed by atoms with Gasteiger partial charge < -0.3 is 9.80 Å². The quantitative estimate of drug-likeness (QED) is 0.186. The highest BCUT2D eigenvalue weighted by Crippen LogP contribution is 2.66. The SMILES string of the molecule is c1ccc(N2c3ccccc3B3c4ccccc4N(c4ccc5c(c4)-c4ccccc4[C@]54C[C@@H]5CC[C@H]4C5)c4cccc2c43)cc1. The number of anilines is 6. The molecule has 2 fully saturated rings. The summed E-state index contributed by atoms with van der Waals surface area (Å²) in [6, 6.07) is 52.7. The van der Waals surface area contributed by atoms with E-state index in [4.69, 9.17) is 0 Å². The summed E-state index contributed by atoms with van der Waals surface area (Å²) in [4.78, 5) is 5.02. The van der Waals surface area contributed by atoms with Gasteiger partial charge in [0.15, 0.2) is 0 Å². The second-order valence-electron chi connectivity index (χ2n) is 14.1. The molecule has 6 aromatic carbocycles. The van der Waals surface area contributed by atoms with Gasteiger partial charge in [-0.2, -0.15) is 0 Å². The second kappa shape index (κ2) is 9.04. The van der Waals surface area contributed by atoms with Gasteiger partial charge in [0.1, 0.15) is 0 Å². The van der Waals surface area contributed by atoms with Crippen LogP contribution in [-0.2, 0) is 5.41 Å². The van der Waals surface area contributed by atoms with Crippen LogP contribution in [0, 0.1) is 11.8 Å². The van der Waals surface area contributed by atoms with Crippen molar-refractivity contribution in [2.24, 2.45) is 11.8 Å². The fourth-order valence-electron chi connectivity index (χ4n) is 10.5. The molecule has 2 saturated carbocycles. The molecule has 11 rings (SSSR count). The molecule has 0 radical (unpaired) electrons. The highest BCUT2D eigenvalue weighted by Gasteiger charge is 2.56. The second-order valence-corrected chi connectivity index (χ2v) is 14.1. The largest absolute Gasteiger partial charge is 0.311 e. The normalized spacial score (nSPS) is 22.4. The molecule has 3 heteroatoms. The van der Waals surface area contributed by atoms with Crippen molar-refractivity contribution in [3.05, 3.63) is 151 Å². The molecule has 0 unspecified atom stereocenters. The Bertz CT molecular complexity index is 2220. The molecular weight excluding hydrogens is 555 g/mol. The fraction of sp³-hybridized carbons (Fsp3) is 0.163. The predicted octanol–water partition coefficient (Wildman–Crippen LogP) is 8.86. The lowest BCUT2D eigenvalue weighted by Crippen LogP contribution is -2.61. The van der Waals surface area contributed by atoms with E-state index in [0.29, 0.717) is 0 Å². The van der Waals surface area contributed by atoms with Crippen molar-refractivity contribution >= 4 is 57.2 Å². The molecular formula is C43H33BN2. The first kappa shape index (κ1) is 25.2. The summed E-state index contributed by atoms with van der Waals surface area (Å²) in [7, 11) is 0. The smallest absolute Gasteiger partial charge is 0.252 e. The Morgan fingerprint density at radius 2 is 1.15 bits per heavy atom. The number of hydrogen-bond acceptors (Lipinski definition) is 2. The van der Waals surface area contributed by atoms with E-state index in [-0.39, 0.29) is 12.1 Å². The van der Waals surface area contributed by atoms with Gasteiger partial charge in [-0.15, -0.1) is 0 Å². The van der Waals surface area contributed by atoms with Crippen molar-refractivity contribution in [3.63, 3.8) is 0 Å². The molecule has 0 N–H and O–H groups in total. The number of nitrogens with zero attached hydrogens (tertiary/aromatic N) is 2. The van der Waals surface area contributed by atoms with Gasteiger partial charge in [0.25, 0.3) is 6.71 Å². The average molecular weight is 589 g/mol. The molecule has 2 bridgehead atoms. The molecule has 5 aliphatic rings. The molecule has 2 nitrogen and oxygen atoms in total. The first-order valence-electron chi connectivity index (χ1n) is 17.0. The average Bonchev–Trinajstić information content (AvgIpc) is 3.81. The Balaban J connectivity index is 1.15. The Kier molecular flexibility index (Phi) is 4.95. The van der Waals surface area contributed by atoms with E-state index in [1.165, 1.54) is 87.3 Å². The van der Waals surface area contributed by atoms with E-state index in [2.05, 4.69) is 149 Å². The molecule has 0 aromatic heterocycles. The van der Waals surface area contributed by atoms with Crippen LogP contribution in [0.5, 0.6) is 0 Å². The highest BCUT2D eigenvalue weighted by atomic mass is 15.2. The van der Waals surface area contributed by atoms with E-state index in [1.807, 2.05) is 0 Å². The van der Waals surface area contributed by atoms with Crippen LogP contribution in [0.4, 0.5) is 34.1 Å². The molecule has 0 amide bonds. The van der Waals surface area contributed by atoms with Gasteiger partial charge in [0.05, 0.1) is 0 Å². The molecule has 1 spiro atoms. The summed E-state index contributed by atoms with van der Waals surface area (Å²) in [6.07, 6.45) is 5.49. The minimum Gasteiger partial charge on any atom is -0.311 e. The summed E-state index contributed by atoms with van der Waals surface area (Å²) in [5.74, 6) is 1.65. The van der Waals surface area contributed by atoms with Crippen LogP contribution >= 0.6 is 0 Å². The van der Waals surface area contributed by atoms with Crippen LogP contribution in [-0.4, -0.2) is 6.71 Å². The Hall–Kier alpha value is -5.02. The van der Waals surface area contributed by atoms with Crippen molar-refractivity contribution in [1.82, 2.24) is 0 Å². The van der Waals surface area contributed by atoms with Gasteiger partial charge in [-0.05, 0) is 118 Å². The van der Waals surface area contributed by atoms with E-state index in [1.54, 1.807) is 11.1 Å². The first-order valence-corrected chi connectivity index (χ1v) is 17.0. The van der Waals surface area contributed by atoms with E-state index >= 15 is 0 Å². The topological polar surface area (TPSA) is 6.48 Å². The van der Waals surface area contributed by atoms with Crippen LogP contribution in [0.1, 0.15) is 36.8 Å². The van der Waals surface area contributed by atoms with Crippen LogP contribution in [0.2, 0.25) is 0 Å². The number of hydrogen-bond donors (Lipinski definition) is 0. The molecule has 2 heterocycles. The van der Waals surface area contributed by atoms with Crippen LogP contribution in [0.15, 0.2) is 140 Å². The zero-order valence-electron chi connectivity index (χ0n) is 25.7. The molecule has 46 heavy (non-hydrogen) atoms. The Morgan fingerprint density at radius 1 is 0.522 bits per heavy atom. The fourth-order valence-corrected chi connectivity index (χ4v) is 10.5. The van der Waals surface area contributed by atoms with E-state index in [0.717, 1.165) is 11.8 Å². The van der Waals surface area contributed by atoms with Crippen LogP contribution < -0.4 is 26.2 Å². The lowest BCUT2D eigenvalue weighted by atomic mass is 9.33. The van der Waals surface area contributed by atoms with E-state index in [9.17, 15) is 0 Å². The molecule has 3 atom stereocenters. The third-order valence-corrected chi connectivity index (χ3v) is 12.1. The number of benzene rings is 6. The molecule has 218 valence electrons. The Labute approximate surface area is 271 Å². The van der Waals surface area contributed by atoms with Gasteiger partial charge in [-0.25, -0.2) is 0 Å². The maximum Gasteiger partial charge on any atom is 0.252 e. The molecule has 2 aliphatic heterocycles. The van der Waals surface area contributed by atoms with Gasteiger partial charge in [-0.1, -0.05) is 97.4 Å². The molecule has 6 aromatic rings. The van der Waals surface area contributed by atoms with Gasteiger partial charge in [-0.3, -0.25) is 0 Å². The maximum absolute atomic E-state index is 2.55. The number of rotatable bonds is 2. The van der Waals surface area contributed by atoms with Crippen molar-refractivity contribution < 1.29 is 0 Å². The lowest BCUT2D eigenvalue weighted by Gasteiger charge is -2.44. The van der Waals surface area contributed by atoms with Gasteiger partial charge >= 0.3 is 0 Å². The monoisotopic (exact) mass is 588 g/mol. The third-order valence-electron chi connectivity index (χ3n) is 12.1. The minimum absolute atomic E-state index is 0.169. The van der Waals surface area contributed by atoms with Gasteiger partial charge in [0, 0.05) is 39.5 Å². The highest BCUT2D eigenvalue weighted by molar-refractivity contribution is 7.00. The van der Waals surface area contributed by atoms with Crippen molar-refractivity contribution in [3.8, 4) is 11.1 Å². The predicted molar refractivity (Wildman–Crippen MR) is 192 cm³/mol. The zero-order valence-corrected chi connectivity index (χ0v) is 25.7. The van der Waals surface area contributed by atoms with Crippen LogP contribution in [0.25, 0.3) is 11.1 Å². The third kappa shape index (κ3) is 3.09. The summed E-state index contributed by atoms with van der Waals surface area (Å²) >= 11 is 0. The summed E-state index contributed by atoms with van der Waals surface area (Å²) in [5.41, 5.74) is 17.9. The Morgan fingerprint density at radius 3 is 1.87 bits per heavy atom. The molecule has 0 saturated heterocycles. The zero-order chi connectivity index (χ0) is 30.0. The number of fused-ring (bicyclic) bond motifs is 12. The maximum atomic E-state index is 2.55. The minimum atomic E-state index is 0.169. The van der Waals surface area contributed by atoms with Crippen LogP contribution in [0.3, 0.4) is 0 Å². The lowest BCUT2D eigenvalue weighted by molar-refractivity contribution is 0.327. The summed E-state index contributed by atoms with van der Waals surface area (Å²) in [5, 5.41) is 0.